The van der Waals surface area contributed by atoms with E-state index in [4.69, 9.17) is 19.3 Å². The predicted molar refractivity (Wildman–Crippen MR) is 51.6 cm³/mol. The molecule has 0 unspecified atom stereocenters. The third kappa shape index (κ3) is 4.96. The van der Waals surface area contributed by atoms with Gasteiger partial charge in [-0.3, -0.25) is 9.11 Å². The fourth-order valence-electron chi connectivity index (χ4n) is 0.942. The molecule has 1 rings (SSSR count). The monoisotopic (exact) mass is 318 g/mol. The zero-order valence-electron chi connectivity index (χ0n) is 11.4. The third-order valence-corrected chi connectivity index (χ3v) is 3.51. The molecule has 1 aromatic carbocycles. The number of hydrogen-bond acceptors (Lipinski definition) is 6. The van der Waals surface area contributed by atoms with E-state index in [-0.39, 0.29) is 62.0 Å². The van der Waals surface area contributed by atoms with Crippen LogP contribution in [0.5, 0.6) is 11.5 Å². The summed E-state index contributed by atoms with van der Waals surface area (Å²) in [5, 5.41) is 17.9. The van der Waals surface area contributed by atoms with Crippen LogP contribution in [0, 0.1) is 0 Å². The van der Waals surface area contributed by atoms with Gasteiger partial charge in [0.25, 0.3) is 20.2 Å². The van der Waals surface area contributed by atoms with Crippen LogP contribution >= 0.6 is 0 Å². The molecular weight excluding hydrogens is 310 g/mol. The fourth-order valence-corrected chi connectivity index (χ4v) is 2.72. The third-order valence-electron chi connectivity index (χ3n) is 1.60. The van der Waals surface area contributed by atoms with Crippen LogP contribution in [0.25, 0.3) is 0 Å². The normalized spacial score (nSPS) is 11.2. The van der Waals surface area contributed by atoms with Crippen LogP contribution in [0.3, 0.4) is 0 Å². The largest absolute Gasteiger partial charge is 1.00 e. The Balaban J connectivity index is -0.000000320. The summed E-state index contributed by atoms with van der Waals surface area (Å²) in [6.45, 7) is 0. The van der Waals surface area contributed by atoms with Crippen molar-refractivity contribution in [2.75, 3.05) is 0 Å². The van der Waals surface area contributed by atoms with Crippen LogP contribution < -0.4 is 59.1 Å². The molecule has 0 heterocycles. The summed E-state index contributed by atoms with van der Waals surface area (Å²) in [6, 6.07) is 0.599. The van der Waals surface area contributed by atoms with Gasteiger partial charge in [-0.15, -0.1) is 0 Å². The second-order valence-electron chi connectivity index (χ2n) is 2.74. The summed E-state index contributed by atoms with van der Waals surface area (Å²) in [6.07, 6.45) is 0. The number of phenolic OH excluding ortho intramolecular Hbond substituents is 2. The topological polar surface area (TPSA) is 149 Å². The van der Waals surface area contributed by atoms with Gasteiger partial charge in [0.15, 0.2) is 11.5 Å². The molecule has 0 aliphatic heterocycles. The Hall–Kier alpha value is 0.640. The number of phenols is 2. The molecule has 0 fully saturated rings. The van der Waals surface area contributed by atoms with Gasteiger partial charge in [-0.2, -0.15) is 16.8 Å². The van der Waals surface area contributed by atoms with E-state index in [0.717, 1.165) is 0 Å². The van der Waals surface area contributed by atoms with E-state index in [2.05, 4.69) is 0 Å². The minimum absolute atomic E-state index is 0. The van der Waals surface area contributed by atoms with Crippen LogP contribution in [-0.2, 0) is 20.2 Å². The Morgan fingerprint density at radius 2 is 1.00 bits per heavy atom. The minimum Gasteiger partial charge on any atom is -1.00 e. The molecular formula is C6H8Na2O8S2. The van der Waals surface area contributed by atoms with Crippen molar-refractivity contribution < 1.29 is 98.1 Å². The van der Waals surface area contributed by atoms with Gasteiger partial charge in [0.2, 0.25) is 0 Å². The first kappa shape index (κ1) is 20.9. The van der Waals surface area contributed by atoms with E-state index in [9.17, 15) is 16.8 Å². The van der Waals surface area contributed by atoms with Crippen molar-refractivity contribution in [3.8, 4) is 11.5 Å². The van der Waals surface area contributed by atoms with Crippen LogP contribution in [0.15, 0.2) is 21.9 Å². The van der Waals surface area contributed by atoms with Crippen LogP contribution in [0.2, 0.25) is 0 Å². The summed E-state index contributed by atoms with van der Waals surface area (Å²) in [5.74, 6) is -1.92. The molecule has 0 spiro atoms. The molecule has 18 heavy (non-hydrogen) atoms. The molecule has 0 saturated carbocycles. The first-order valence-electron chi connectivity index (χ1n) is 3.54. The number of rotatable bonds is 2. The molecule has 0 aliphatic carbocycles. The van der Waals surface area contributed by atoms with Crippen LogP contribution in [-0.4, -0.2) is 36.2 Å². The van der Waals surface area contributed by atoms with Crippen LogP contribution in [0.4, 0.5) is 0 Å². The van der Waals surface area contributed by atoms with Gasteiger partial charge in [-0.25, -0.2) is 0 Å². The summed E-state index contributed by atoms with van der Waals surface area (Å²) in [4.78, 5) is -2.46. The molecule has 0 aliphatic rings. The van der Waals surface area contributed by atoms with Crippen molar-refractivity contribution in [2.24, 2.45) is 0 Å². The van der Waals surface area contributed by atoms with E-state index in [1.165, 1.54) is 0 Å². The van der Waals surface area contributed by atoms with Crippen LogP contribution in [0.1, 0.15) is 2.85 Å². The Labute approximate surface area is 150 Å². The van der Waals surface area contributed by atoms with Gasteiger partial charge < -0.3 is 13.1 Å². The van der Waals surface area contributed by atoms with E-state index >= 15 is 0 Å². The smallest absolute Gasteiger partial charge is 1.00 e. The number of aromatic hydroxyl groups is 2. The average Bonchev–Trinajstić information content (AvgIpc) is 2.05. The van der Waals surface area contributed by atoms with E-state index in [0.29, 0.717) is 12.1 Å². The maximum Gasteiger partial charge on any atom is 1.00 e. The van der Waals surface area contributed by atoms with Gasteiger partial charge in [0, 0.05) is 12.1 Å². The van der Waals surface area contributed by atoms with Gasteiger partial charge in [-0.1, -0.05) is 0 Å². The van der Waals surface area contributed by atoms with Crippen molar-refractivity contribution in [1.29, 1.82) is 0 Å². The van der Waals surface area contributed by atoms with E-state index in [1.54, 1.807) is 0 Å². The molecule has 0 atom stereocenters. The van der Waals surface area contributed by atoms with Crippen molar-refractivity contribution in [2.45, 2.75) is 9.79 Å². The zero-order valence-corrected chi connectivity index (χ0v) is 15.0. The quantitative estimate of drug-likeness (QED) is 0.239. The Kier molecular flexibility index (Phi) is 8.01. The Morgan fingerprint density at radius 3 is 1.17 bits per heavy atom. The first-order chi connectivity index (χ1) is 7.03. The van der Waals surface area contributed by atoms with Gasteiger partial charge >= 0.3 is 59.1 Å². The number of hydrogen-bond donors (Lipinski definition) is 4. The predicted octanol–water partition coefficient (Wildman–Crippen LogP) is -6.18. The molecule has 4 N–H and O–H groups in total. The standard InChI is InChI=1S/C6H6O8S2.2Na.2H/c7-3-1-5(15(9,10)11)6(2-4(3)8)16(12,13)14;;;;/h1-2,7-8H,(H,9,10,11)(H,12,13,14);;;;/q;2*+1;2*-1. The zero-order chi connectivity index (χ0) is 12.7. The van der Waals surface area contributed by atoms with Gasteiger partial charge in [0.1, 0.15) is 9.79 Å². The molecule has 0 radical (unpaired) electrons. The maximum absolute atomic E-state index is 10.8. The Bertz CT molecular complexity index is 588. The van der Waals surface area contributed by atoms with Crippen molar-refractivity contribution in [1.82, 2.24) is 0 Å². The molecule has 0 amide bonds. The molecule has 0 saturated heterocycles. The van der Waals surface area contributed by atoms with Gasteiger partial charge in [0.05, 0.1) is 0 Å². The van der Waals surface area contributed by atoms with Crippen molar-refractivity contribution >= 4 is 20.2 Å². The first-order valence-corrected chi connectivity index (χ1v) is 6.42. The van der Waals surface area contributed by atoms with E-state index < -0.39 is 41.5 Å². The summed E-state index contributed by atoms with van der Waals surface area (Å²) < 4.78 is 60.3. The molecule has 0 bridgehead atoms. The van der Waals surface area contributed by atoms with Crippen molar-refractivity contribution in [3.63, 3.8) is 0 Å². The Morgan fingerprint density at radius 1 is 0.778 bits per heavy atom. The number of benzene rings is 1. The average molecular weight is 318 g/mol. The fraction of sp³-hybridized carbons (Fsp3) is 0. The summed E-state index contributed by atoms with van der Waals surface area (Å²) >= 11 is 0. The second-order valence-corrected chi connectivity index (χ2v) is 5.52. The van der Waals surface area contributed by atoms with Crippen molar-refractivity contribution in [3.05, 3.63) is 12.1 Å². The summed E-state index contributed by atoms with van der Waals surface area (Å²) in [7, 11) is -9.93. The molecule has 8 nitrogen and oxygen atoms in total. The van der Waals surface area contributed by atoms with Gasteiger partial charge in [-0.05, 0) is 0 Å². The molecule has 1 aromatic rings. The molecule has 94 valence electrons. The maximum atomic E-state index is 10.8. The summed E-state index contributed by atoms with van der Waals surface area (Å²) in [5.41, 5.74) is 0. The second kappa shape index (κ2) is 6.88. The SMILES string of the molecule is O=S(=O)(O)c1cc(O)c(O)cc1S(=O)(=O)O.[H-].[H-].[Na+].[Na+]. The van der Waals surface area contributed by atoms with E-state index in [1.807, 2.05) is 0 Å². The molecule has 12 heteroatoms. The minimum atomic E-state index is -4.97. The molecule has 0 aromatic heterocycles.